The van der Waals surface area contributed by atoms with Gasteiger partial charge in [-0.3, -0.25) is 4.79 Å². The standard InChI is InChI=1S/C23H21N3O2/c1-28-22-12-8-18(9-13-22)23(27)25-24-14-17-6-10-21(11-7-17)26-15-19-4-2-3-5-20(19)16-26/h2-14H,15-16H2,1H3,(H,25,27)/b24-14-. The predicted octanol–water partition coefficient (Wildman–Crippen LogP) is 3.98. The second kappa shape index (κ2) is 7.96. The number of nitrogens with zero attached hydrogens (tertiary/aromatic N) is 2. The molecule has 0 unspecified atom stereocenters. The molecule has 5 nitrogen and oxygen atoms in total. The second-order valence-electron chi connectivity index (χ2n) is 6.64. The molecule has 1 aliphatic rings. The summed E-state index contributed by atoms with van der Waals surface area (Å²) in [6.07, 6.45) is 1.64. The number of fused-ring (bicyclic) bond motifs is 1. The van der Waals surface area contributed by atoms with E-state index in [0.717, 1.165) is 18.7 Å². The fraction of sp³-hybridized carbons (Fsp3) is 0.130. The van der Waals surface area contributed by atoms with Crippen molar-refractivity contribution in [3.8, 4) is 5.75 Å². The molecule has 0 spiro atoms. The van der Waals surface area contributed by atoms with E-state index in [1.165, 1.54) is 16.8 Å². The van der Waals surface area contributed by atoms with Crippen LogP contribution in [-0.2, 0) is 13.1 Å². The van der Waals surface area contributed by atoms with Gasteiger partial charge in [0.05, 0.1) is 13.3 Å². The Bertz CT molecular complexity index is 970. The lowest BCUT2D eigenvalue weighted by Crippen LogP contribution is -2.17. The van der Waals surface area contributed by atoms with Crippen molar-refractivity contribution in [2.45, 2.75) is 13.1 Å². The third kappa shape index (κ3) is 3.88. The second-order valence-corrected chi connectivity index (χ2v) is 6.64. The first-order chi connectivity index (χ1) is 13.7. The van der Waals surface area contributed by atoms with Crippen LogP contribution in [0.5, 0.6) is 5.75 Å². The maximum atomic E-state index is 12.1. The first kappa shape index (κ1) is 17.8. The quantitative estimate of drug-likeness (QED) is 0.545. The number of rotatable bonds is 5. The lowest BCUT2D eigenvalue weighted by Gasteiger charge is -2.17. The summed E-state index contributed by atoms with van der Waals surface area (Å²) in [5.74, 6) is 0.451. The predicted molar refractivity (Wildman–Crippen MR) is 111 cm³/mol. The van der Waals surface area contributed by atoms with Gasteiger partial charge in [-0.15, -0.1) is 0 Å². The van der Waals surface area contributed by atoms with E-state index in [1.54, 1.807) is 37.6 Å². The van der Waals surface area contributed by atoms with Crippen molar-refractivity contribution in [2.24, 2.45) is 5.10 Å². The zero-order valence-corrected chi connectivity index (χ0v) is 15.6. The average Bonchev–Trinajstić information content (AvgIpc) is 3.18. The number of anilines is 1. The average molecular weight is 371 g/mol. The maximum absolute atomic E-state index is 12.1. The number of benzene rings is 3. The van der Waals surface area contributed by atoms with Gasteiger partial charge in [-0.05, 0) is 53.1 Å². The number of carbonyl (C=O) groups excluding carboxylic acids is 1. The van der Waals surface area contributed by atoms with Crippen LogP contribution in [-0.4, -0.2) is 19.2 Å². The van der Waals surface area contributed by atoms with Crippen LogP contribution in [0.3, 0.4) is 0 Å². The molecule has 3 aromatic carbocycles. The number of methoxy groups -OCH3 is 1. The van der Waals surface area contributed by atoms with Gasteiger partial charge < -0.3 is 9.64 Å². The van der Waals surface area contributed by atoms with Crippen molar-refractivity contribution >= 4 is 17.8 Å². The SMILES string of the molecule is COc1ccc(C(=O)N/N=C\c2ccc(N3Cc4ccccc4C3)cc2)cc1. The lowest BCUT2D eigenvalue weighted by atomic mass is 10.1. The molecular weight excluding hydrogens is 350 g/mol. The van der Waals surface area contributed by atoms with Crippen LogP contribution in [0, 0.1) is 0 Å². The Labute approximate surface area is 164 Å². The highest BCUT2D eigenvalue weighted by molar-refractivity contribution is 5.95. The summed E-state index contributed by atoms with van der Waals surface area (Å²) in [5, 5.41) is 4.05. The van der Waals surface area contributed by atoms with Crippen molar-refractivity contribution < 1.29 is 9.53 Å². The molecule has 1 aliphatic heterocycles. The van der Waals surface area contributed by atoms with Gasteiger partial charge in [-0.2, -0.15) is 5.10 Å². The van der Waals surface area contributed by atoms with Gasteiger partial charge >= 0.3 is 0 Å². The molecule has 0 fully saturated rings. The molecular formula is C23H21N3O2. The molecule has 0 aliphatic carbocycles. The van der Waals surface area contributed by atoms with Crippen LogP contribution in [0.2, 0.25) is 0 Å². The normalized spacial score (nSPS) is 12.8. The smallest absolute Gasteiger partial charge is 0.271 e. The van der Waals surface area contributed by atoms with E-state index in [4.69, 9.17) is 4.74 Å². The summed E-state index contributed by atoms with van der Waals surface area (Å²) in [6.45, 7) is 1.86. The molecule has 3 aromatic rings. The van der Waals surface area contributed by atoms with Crippen LogP contribution < -0.4 is 15.1 Å². The summed E-state index contributed by atoms with van der Waals surface area (Å²) in [5.41, 5.74) is 7.95. The number of hydrogen-bond acceptors (Lipinski definition) is 4. The van der Waals surface area contributed by atoms with E-state index in [0.29, 0.717) is 11.3 Å². The van der Waals surface area contributed by atoms with Crippen molar-refractivity contribution in [1.29, 1.82) is 0 Å². The van der Waals surface area contributed by atoms with Crippen molar-refractivity contribution in [2.75, 3.05) is 12.0 Å². The minimum absolute atomic E-state index is 0.259. The van der Waals surface area contributed by atoms with Gasteiger partial charge in [0, 0.05) is 24.3 Å². The van der Waals surface area contributed by atoms with E-state index in [9.17, 15) is 4.79 Å². The molecule has 140 valence electrons. The Morgan fingerprint density at radius 2 is 1.61 bits per heavy atom. The third-order valence-electron chi connectivity index (χ3n) is 4.83. The molecule has 4 rings (SSSR count). The molecule has 0 atom stereocenters. The summed E-state index contributed by atoms with van der Waals surface area (Å²) in [4.78, 5) is 14.4. The molecule has 0 aromatic heterocycles. The monoisotopic (exact) mass is 371 g/mol. The minimum Gasteiger partial charge on any atom is -0.497 e. The molecule has 0 saturated carbocycles. The molecule has 28 heavy (non-hydrogen) atoms. The van der Waals surface area contributed by atoms with E-state index < -0.39 is 0 Å². The van der Waals surface area contributed by atoms with Crippen LogP contribution in [0.15, 0.2) is 77.9 Å². The summed E-state index contributed by atoms with van der Waals surface area (Å²) < 4.78 is 5.09. The highest BCUT2D eigenvalue weighted by Gasteiger charge is 2.18. The van der Waals surface area contributed by atoms with E-state index in [2.05, 4.69) is 51.8 Å². The van der Waals surface area contributed by atoms with E-state index in [1.807, 2.05) is 12.1 Å². The number of ether oxygens (including phenoxy) is 1. The van der Waals surface area contributed by atoms with Gasteiger partial charge in [-0.25, -0.2) is 5.43 Å². The van der Waals surface area contributed by atoms with Crippen molar-refractivity contribution in [3.05, 3.63) is 95.1 Å². The molecule has 0 radical (unpaired) electrons. The maximum Gasteiger partial charge on any atom is 0.271 e. The zero-order chi connectivity index (χ0) is 19.3. The minimum atomic E-state index is -0.259. The molecule has 1 heterocycles. The fourth-order valence-corrected chi connectivity index (χ4v) is 3.26. The van der Waals surface area contributed by atoms with Gasteiger partial charge in [0.1, 0.15) is 5.75 Å². The number of carbonyl (C=O) groups is 1. The summed E-state index contributed by atoms with van der Waals surface area (Å²) >= 11 is 0. The summed E-state index contributed by atoms with van der Waals surface area (Å²) in [7, 11) is 1.59. The fourth-order valence-electron chi connectivity index (χ4n) is 3.26. The molecule has 0 saturated heterocycles. The van der Waals surface area contributed by atoms with E-state index in [-0.39, 0.29) is 5.91 Å². The Morgan fingerprint density at radius 3 is 2.21 bits per heavy atom. The number of hydrazone groups is 1. The van der Waals surface area contributed by atoms with Gasteiger partial charge in [0.2, 0.25) is 0 Å². The van der Waals surface area contributed by atoms with Crippen LogP contribution in [0.25, 0.3) is 0 Å². The van der Waals surface area contributed by atoms with Crippen molar-refractivity contribution in [3.63, 3.8) is 0 Å². The Hall–Kier alpha value is -3.60. The Morgan fingerprint density at radius 1 is 0.964 bits per heavy atom. The van der Waals surface area contributed by atoms with Crippen LogP contribution in [0.1, 0.15) is 27.0 Å². The van der Waals surface area contributed by atoms with Crippen LogP contribution in [0.4, 0.5) is 5.69 Å². The molecule has 1 amide bonds. The Kier molecular flexibility index (Phi) is 5.06. The largest absolute Gasteiger partial charge is 0.497 e. The number of nitrogens with one attached hydrogen (secondary N) is 1. The number of amides is 1. The first-order valence-electron chi connectivity index (χ1n) is 9.12. The summed E-state index contributed by atoms with van der Waals surface area (Å²) in [6, 6.07) is 23.6. The van der Waals surface area contributed by atoms with Gasteiger partial charge in [0.15, 0.2) is 0 Å². The van der Waals surface area contributed by atoms with Gasteiger partial charge in [-0.1, -0.05) is 36.4 Å². The van der Waals surface area contributed by atoms with Gasteiger partial charge in [0.25, 0.3) is 5.91 Å². The lowest BCUT2D eigenvalue weighted by molar-refractivity contribution is 0.0955. The zero-order valence-electron chi connectivity index (χ0n) is 15.6. The highest BCUT2D eigenvalue weighted by atomic mass is 16.5. The highest BCUT2D eigenvalue weighted by Crippen LogP contribution is 2.27. The van der Waals surface area contributed by atoms with E-state index >= 15 is 0 Å². The molecule has 5 heteroatoms. The Balaban J connectivity index is 1.35. The topological polar surface area (TPSA) is 53.9 Å². The molecule has 0 bridgehead atoms. The number of hydrogen-bond donors (Lipinski definition) is 1. The first-order valence-corrected chi connectivity index (χ1v) is 9.12. The van der Waals surface area contributed by atoms with Crippen molar-refractivity contribution in [1.82, 2.24) is 5.43 Å². The molecule has 1 N–H and O–H groups in total. The van der Waals surface area contributed by atoms with Crippen LogP contribution >= 0.6 is 0 Å². The third-order valence-corrected chi connectivity index (χ3v) is 4.83.